The van der Waals surface area contributed by atoms with E-state index < -0.39 is 16.1 Å². The van der Waals surface area contributed by atoms with Crippen LogP contribution in [-0.4, -0.2) is 33.8 Å². The smallest absolute Gasteiger partial charge is 0.253 e. The predicted octanol–water partition coefficient (Wildman–Crippen LogP) is 1.34. The van der Waals surface area contributed by atoms with Crippen LogP contribution in [0.1, 0.15) is 12.5 Å². The molecular weight excluding hydrogens is 268 g/mol. The molecule has 1 unspecified atom stereocenters. The molecule has 0 aromatic heterocycles. The van der Waals surface area contributed by atoms with Crippen molar-refractivity contribution in [2.75, 3.05) is 23.4 Å². The Balaban J connectivity index is 2.86. The molecule has 106 valence electrons. The van der Waals surface area contributed by atoms with Crippen LogP contribution in [0.5, 0.6) is 0 Å². The molecule has 0 spiro atoms. The third kappa shape index (κ3) is 4.88. The summed E-state index contributed by atoms with van der Waals surface area (Å²) in [6.45, 7) is 3.39. The van der Waals surface area contributed by atoms with Crippen LogP contribution in [0.4, 0.5) is 11.4 Å². The van der Waals surface area contributed by atoms with Crippen molar-refractivity contribution in [2.45, 2.75) is 20.0 Å². The van der Waals surface area contributed by atoms with E-state index in [9.17, 15) is 13.2 Å². The zero-order valence-electron chi connectivity index (χ0n) is 11.4. The number of amides is 1. The van der Waals surface area contributed by atoms with Crippen molar-refractivity contribution < 1.29 is 17.9 Å². The van der Waals surface area contributed by atoms with Gasteiger partial charge in [0.2, 0.25) is 10.0 Å². The highest BCUT2D eigenvalue weighted by Crippen LogP contribution is 2.20. The van der Waals surface area contributed by atoms with E-state index in [0.717, 1.165) is 6.26 Å². The number of benzene rings is 1. The van der Waals surface area contributed by atoms with Gasteiger partial charge in [0.1, 0.15) is 6.10 Å². The zero-order valence-corrected chi connectivity index (χ0v) is 12.2. The summed E-state index contributed by atoms with van der Waals surface area (Å²) in [5.41, 5.74) is 1.79. The van der Waals surface area contributed by atoms with Crippen molar-refractivity contribution in [1.82, 2.24) is 0 Å². The lowest BCUT2D eigenvalue weighted by Gasteiger charge is -2.13. The lowest BCUT2D eigenvalue weighted by molar-refractivity contribution is -0.124. The normalized spacial score (nSPS) is 12.8. The van der Waals surface area contributed by atoms with Crippen LogP contribution in [0.2, 0.25) is 0 Å². The van der Waals surface area contributed by atoms with Crippen molar-refractivity contribution in [3.8, 4) is 0 Å². The van der Waals surface area contributed by atoms with Gasteiger partial charge in [-0.05, 0) is 37.6 Å². The van der Waals surface area contributed by atoms with Gasteiger partial charge >= 0.3 is 0 Å². The molecule has 6 nitrogen and oxygen atoms in total. The number of hydrogen-bond acceptors (Lipinski definition) is 4. The average molecular weight is 286 g/mol. The number of rotatable bonds is 5. The Bertz CT molecular complexity index is 569. The van der Waals surface area contributed by atoms with E-state index >= 15 is 0 Å². The van der Waals surface area contributed by atoms with Gasteiger partial charge in [0.25, 0.3) is 5.91 Å². The van der Waals surface area contributed by atoms with Gasteiger partial charge in [0.05, 0.1) is 11.9 Å². The van der Waals surface area contributed by atoms with Crippen LogP contribution in [0.25, 0.3) is 0 Å². The Kier molecular flexibility index (Phi) is 4.90. The summed E-state index contributed by atoms with van der Waals surface area (Å²) >= 11 is 0. The molecule has 2 N–H and O–H groups in total. The first kappa shape index (κ1) is 15.5. The van der Waals surface area contributed by atoms with Gasteiger partial charge in [-0.1, -0.05) is 0 Å². The summed E-state index contributed by atoms with van der Waals surface area (Å²) in [5.74, 6) is -0.259. The fraction of sp³-hybridized carbons (Fsp3) is 0.417. The molecule has 0 radical (unpaired) electrons. The zero-order chi connectivity index (χ0) is 14.6. The molecule has 0 fully saturated rings. The molecule has 0 aliphatic carbocycles. The number of sulfonamides is 1. The molecule has 1 aromatic carbocycles. The van der Waals surface area contributed by atoms with Gasteiger partial charge < -0.3 is 10.1 Å². The summed E-state index contributed by atoms with van der Waals surface area (Å²) in [6, 6.07) is 4.91. The maximum absolute atomic E-state index is 11.6. The van der Waals surface area contributed by atoms with Crippen molar-refractivity contribution in [3.05, 3.63) is 23.8 Å². The monoisotopic (exact) mass is 286 g/mol. The van der Waals surface area contributed by atoms with Gasteiger partial charge in [0, 0.05) is 12.8 Å². The molecule has 0 heterocycles. The second kappa shape index (κ2) is 6.03. The maximum Gasteiger partial charge on any atom is 0.253 e. The summed E-state index contributed by atoms with van der Waals surface area (Å²) in [4.78, 5) is 11.6. The van der Waals surface area contributed by atoms with E-state index in [1.54, 1.807) is 32.0 Å². The third-order valence-electron chi connectivity index (χ3n) is 2.51. The van der Waals surface area contributed by atoms with E-state index in [1.807, 2.05) is 0 Å². The van der Waals surface area contributed by atoms with Crippen LogP contribution >= 0.6 is 0 Å². The SMILES string of the molecule is COC(C)C(=O)Nc1ccc(NS(C)(=O)=O)c(C)c1. The number of carbonyl (C=O) groups is 1. The molecule has 0 aliphatic heterocycles. The van der Waals surface area contributed by atoms with Crippen LogP contribution in [-0.2, 0) is 19.6 Å². The van der Waals surface area contributed by atoms with E-state index in [4.69, 9.17) is 4.74 Å². The molecule has 1 amide bonds. The highest BCUT2D eigenvalue weighted by atomic mass is 32.2. The van der Waals surface area contributed by atoms with Gasteiger partial charge in [-0.2, -0.15) is 0 Å². The van der Waals surface area contributed by atoms with Gasteiger partial charge in [-0.15, -0.1) is 0 Å². The predicted molar refractivity (Wildman–Crippen MR) is 74.7 cm³/mol. The first-order valence-electron chi connectivity index (χ1n) is 5.65. The van der Waals surface area contributed by atoms with Gasteiger partial charge in [-0.3, -0.25) is 9.52 Å². The Morgan fingerprint density at radius 3 is 2.47 bits per heavy atom. The van der Waals surface area contributed by atoms with E-state index in [2.05, 4.69) is 10.0 Å². The lowest BCUT2D eigenvalue weighted by Crippen LogP contribution is -2.26. The highest BCUT2D eigenvalue weighted by molar-refractivity contribution is 7.92. The second-order valence-electron chi connectivity index (χ2n) is 4.27. The lowest BCUT2D eigenvalue weighted by atomic mass is 10.2. The van der Waals surface area contributed by atoms with Crippen LogP contribution in [0.3, 0.4) is 0 Å². The minimum Gasteiger partial charge on any atom is -0.372 e. The first-order chi connectivity index (χ1) is 8.73. The van der Waals surface area contributed by atoms with Gasteiger partial charge in [-0.25, -0.2) is 8.42 Å². The highest BCUT2D eigenvalue weighted by Gasteiger charge is 2.12. The fourth-order valence-corrected chi connectivity index (χ4v) is 2.04. The van der Waals surface area contributed by atoms with Crippen molar-refractivity contribution >= 4 is 27.3 Å². The number of nitrogens with one attached hydrogen (secondary N) is 2. The van der Waals surface area contributed by atoms with Crippen molar-refractivity contribution in [3.63, 3.8) is 0 Å². The standard InChI is InChI=1S/C12H18N2O4S/c1-8-7-10(13-12(15)9(2)18-3)5-6-11(8)14-19(4,16)17/h5-7,9,14H,1-4H3,(H,13,15). The van der Waals surface area contributed by atoms with E-state index in [0.29, 0.717) is 16.9 Å². The molecule has 1 rings (SSSR count). The molecular formula is C12H18N2O4S. The van der Waals surface area contributed by atoms with E-state index in [-0.39, 0.29) is 5.91 Å². The quantitative estimate of drug-likeness (QED) is 0.855. The number of anilines is 2. The Labute approximate surface area is 113 Å². The summed E-state index contributed by atoms with van der Waals surface area (Å²) in [6.07, 6.45) is 0.539. The average Bonchev–Trinajstić information content (AvgIpc) is 2.30. The minimum atomic E-state index is -3.31. The topological polar surface area (TPSA) is 84.5 Å². The van der Waals surface area contributed by atoms with Crippen LogP contribution in [0.15, 0.2) is 18.2 Å². The summed E-state index contributed by atoms with van der Waals surface area (Å²) in [5, 5.41) is 2.68. The molecule has 19 heavy (non-hydrogen) atoms. The van der Waals surface area contributed by atoms with Crippen molar-refractivity contribution in [2.24, 2.45) is 0 Å². The number of ether oxygens (including phenoxy) is 1. The van der Waals surface area contributed by atoms with Crippen LogP contribution < -0.4 is 10.0 Å². The molecule has 1 aromatic rings. The summed E-state index contributed by atoms with van der Waals surface area (Å²) < 4.78 is 29.6. The van der Waals surface area contributed by atoms with E-state index in [1.165, 1.54) is 7.11 Å². The second-order valence-corrected chi connectivity index (χ2v) is 6.02. The Hall–Kier alpha value is -1.60. The Morgan fingerprint density at radius 2 is 2.00 bits per heavy atom. The number of hydrogen-bond donors (Lipinski definition) is 2. The molecule has 0 saturated carbocycles. The summed E-state index contributed by atoms with van der Waals surface area (Å²) in [7, 11) is -1.86. The molecule has 0 bridgehead atoms. The third-order valence-corrected chi connectivity index (χ3v) is 3.10. The largest absolute Gasteiger partial charge is 0.372 e. The minimum absolute atomic E-state index is 0.259. The number of aryl methyl sites for hydroxylation is 1. The fourth-order valence-electron chi connectivity index (χ4n) is 1.41. The molecule has 7 heteroatoms. The van der Waals surface area contributed by atoms with Crippen molar-refractivity contribution in [1.29, 1.82) is 0 Å². The number of carbonyl (C=O) groups excluding carboxylic acids is 1. The first-order valence-corrected chi connectivity index (χ1v) is 7.54. The maximum atomic E-state index is 11.6. The number of methoxy groups -OCH3 is 1. The molecule has 0 saturated heterocycles. The van der Waals surface area contributed by atoms with Gasteiger partial charge in [0.15, 0.2) is 0 Å². The Morgan fingerprint density at radius 1 is 1.37 bits per heavy atom. The molecule has 0 aliphatic rings. The van der Waals surface area contributed by atoms with Crippen LogP contribution in [0, 0.1) is 6.92 Å². The molecule has 1 atom stereocenters.